The molecular weight excluding hydrogens is 454 g/mol. The van der Waals surface area contributed by atoms with Gasteiger partial charge in [0.15, 0.2) is 5.78 Å². The third kappa shape index (κ3) is 5.11. The number of Topliss-reactive ketones (excluding diaryl/α,β-unsaturated/α-hetero) is 1. The van der Waals surface area contributed by atoms with E-state index in [9.17, 15) is 13.6 Å². The second kappa shape index (κ2) is 9.74. The smallest absolute Gasteiger partial charge is 0.387 e. The van der Waals surface area contributed by atoms with Gasteiger partial charge in [0, 0.05) is 24.2 Å². The Bertz CT molecular complexity index is 1350. The number of fused-ring (bicyclic) bond motifs is 1. The topological polar surface area (TPSA) is 62.1 Å². The zero-order chi connectivity index (χ0) is 24.4. The van der Waals surface area contributed by atoms with E-state index in [0.717, 1.165) is 18.4 Å². The summed E-state index contributed by atoms with van der Waals surface area (Å²) in [6.07, 6.45) is 5.65. The summed E-state index contributed by atoms with van der Waals surface area (Å²) in [5.41, 5.74) is 2.88. The van der Waals surface area contributed by atoms with Crippen LogP contribution in [0.15, 0.2) is 67.0 Å². The molecule has 1 fully saturated rings. The molecule has 0 atom stereocenters. The number of halogens is 2. The number of ketones is 1. The molecule has 0 bridgehead atoms. The second-order valence-corrected chi connectivity index (χ2v) is 8.51. The zero-order valence-electron chi connectivity index (χ0n) is 19.1. The number of hydrogen-bond donors (Lipinski definition) is 0. The van der Waals surface area contributed by atoms with E-state index in [-0.39, 0.29) is 29.3 Å². The van der Waals surface area contributed by atoms with Crippen LogP contribution in [-0.4, -0.2) is 28.9 Å². The number of benzene rings is 2. The van der Waals surface area contributed by atoms with Gasteiger partial charge in [0.1, 0.15) is 35.1 Å². The molecule has 0 unspecified atom stereocenters. The normalized spacial score (nSPS) is 13.3. The van der Waals surface area contributed by atoms with Gasteiger partial charge in [-0.3, -0.25) is 9.20 Å². The minimum absolute atomic E-state index is 0.0499. The molecule has 2 aromatic heterocycles. The average molecular weight is 478 g/mol. The van der Waals surface area contributed by atoms with Crippen molar-refractivity contribution in [1.82, 2.24) is 9.38 Å². The summed E-state index contributed by atoms with van der Waals surface area (Å²) >= 11 is 0. The first-order chi connectivity index (χ1) is 17.0. The van der Waals surface area contributed by atoms with Gasteiger partial charge in [-0.15, -0.1) is 0 Å². The van der Waals surface area contributed by atoms with Crippen molar-refractivity contribution in [1.29, 1.82) is 0 Å². The summed E-state index contributed by atoms with van der Waals surface area (Å²) in [7, 11) is 1.41. The van der Waals surface area contributed by atoms with Crippen LogP contribution in [-0.2, 0) is 6.61 Å². The number of alkyl halides is 2. The van der Waals surface area contributed by atoms with Crippen LogP contribution in [0.1, 0.15) is 35.2 Å². The van der Waals surface area contributed by atoms with Crippen LogP contribution in [0.3, 0.4) is 0 Å². The molecule has 6 nitrogen and oxygen atoms in total. The van der Waals surface area contributed by atoms with Crippen LogP contribution in [0, 0.1) is 5.92 Å². The highest BCUT2D eigenvalue weighted by molar-refractivity contribution is 6.02. The lowest BCUT2D eigenvalue weighted by atomic mass is 10.00. The second-order valence-electron chi connectivity index (χ2n) is 8.51. The van der Waals surface area contributed by atoms with E-state index in [1.165, 1.54) is 13.2 Å². The number of carbonyl (C=O) groups excluding carboxylic acids is 1. The predicted octanol–water partition coefficient (Wildman–Crippen LogP) is 6.17. The van der Waals surface area contributed by atoms with Gasteiger partial charge in [-0.25, -0.2) is 4.98 Å². The average Bonchev–Trinajstić information content (AvgIpc) is 3.57. The maximum Gasteiger partial charge on any atom is 0.387 e. The van der Waals surface area contributed by atoms with Gasteiger partial charge in [0.05, 0.1) is 19.0 Å². The Kier molecular flexibility index (Phi) is 6.35. The van der Waals surface area contributed by atoms with E-state index in [1.54, 1.807) is 24.5 Å². The van der Waals surface area contributed by atoms with Crippen molar-refractivity contribution in [3.63, 3.8) is 0 Å². The molecule has 8 heteroatoms. The summed E-state index contributed by atoms with van der Waals surface area (Å²) in [5, 5.41) is 0. The molecule has 4 aromatic rings. The first-order valence-electron chi connectivity index (χ1n) is 11.4. The molecule has 0 amide bonds. The minimum atomic E-state index is -3.08. The van der Waals surface area contributed by atoms with Crippen molar-refractivity contribution in [2.45, 2.75) is 32.5 Å². The van der Waals surface area contributed by atoms with Crippen molar-refractivity contribution < 1.29 is 27.8 Å². The third-order valence-corrected chi connectivity index (χ3v) is 5.98. The van der Waals surface area contributed by atoms with Crippen LogP contribution < -0.4 is 14.2 Å². The Morgan fingerprint density at radius 2 is 1.89 bits per heavy atom. The van der Waals surface area contributed by atoms with Crippen LogP contribution >= 0.6 is 0 Å². The van der Waals surface area contributed by atoms with E-state index in [1.807, 2.05) is 40.8 Å². The molecule has 0 saturated heterocycles. The Morgan fingerprint density at radius 1 is 1.11 bits per heavy atom. The quantitative estimate of drug-likeness (QED) is 0.255. The fourth-order valence-electron chi connectivity index (χ4n) is 4.05. The first-order valence-corrected chi connectivity index (χ1v) is 11.4. The fourth-order valence-corrected chi connectivity index (χ4v) is 4.05. The Labute approximate surface area is 201 Å². The highest BCUT2D eigenvalue weighted by Crippen LogP contribution is 2.40. The monoisotopic (exact) mass is 478 g/mol. The van der Waals surface area contributed by atoms with Gasteiger partial charge >= 0.3 is 6.61 Å². The molecule has 5 rings (SSSR count). The summed E-state index contributed by atoms with van der Waals surface area (Å²) in [5.74, 6) is 0.686. The molecule has 0 aliphatic heterocycles. The van der Waals surface area contributed by atoms with Gasteiger partial charge < -0.3 is 14.2 Å². The SMILES string of the molecule is COc1cc(-c2cnc3cc(OCc4ccccc4)ccn23)cc(OC(F)F)c1C(=O)CC1CC1. The minimum Gasteiger partial charge on any atom is -0.496 e. The van der Waals surface area contributed by atoms with Crippen LogP contribution in [0.25, 0.3) is 16.9 Å². The third-order valence-electron chi connectivity index (χ3n) is 5.98. The molecule has 1 aliphatic rings. The molecule has 1 aliphatic carbocycles. The number of hydrogen-bond acceptors (Lipinski definition) is 5. The summed E-state index contributed by atoms with van der Waals surface area (Å²) < 4.78 is 44.4. The van der Waals surface area contributed by atoms with Crippen LogP contribution in [0.2, 0.25) is 0 Å². The number of carbonyl (C=O) groups is 1. The highest BCUT2D eigenvalue weighted by Gasteiger charge is 2.29. The highest BCUT2D eigenvalue weighted by atomic mass is 19.3. The maximum atomic E-state index is 13.2. The number of rotatable bonds is 10. The summed E-state index contributed by atoms with van der Waals surface area (Å²) in [6, 6.07) is 16.5. The number of aromatic nitrogens is 2. The van der Waals surface area contributed by atoms with Gasteiger partial charge in [-0.1, -0.05) is 30.3 Å². The predicted molar refractivity (Wildman–Crippen MR) is 126 cm³/mol. The molecule has 0 N–H and O–H groups in total. The number of ether oxygens (including phenoxy) is 3. The van der Waals surface area contributed by atoms with Crippen molar-refractivity contribution >= 4 is 11.4 Å². The maximum absolute atomic E-state index is 13.2. The molecule has 180 valence electrons. The van der Waals surface area contributed by atoms with Crippen LogP contribution in [0.4, 0.5) is 8.78 Å². The molecular formula is C27H24F2N2O4. The lowest BCUT2D eigenvalue weighted by molar-refractivity contribution is -0.0502. The largest absolute Gasteiger partial charge is 0.496 e. The van der Waals surface area contributed by atoms with Crippen molar-refractivity contribution in [3.05, 3.63) is 78.1 Å². The Morgan fingerprint density at radius 3 is 2.60 bits per heavy atom. The van der Waals surface area contributed by atoms with Gasteiger partial charge in [0.25, 0.3) is 0 Å². The van der Waals surface area contributed by atoms with Crippen molar-refractivity contribution in [2.24, 2.45) is 5.92 Å². The lowest BCUT2D eigenvalue weighted by Crippen LogP contribution is -2.11. The number of pyridine rings is 1. The van der Waals surface area contributed by atoms with E-state index in [4.69, 9.17) is 14.2 Å². The number of methoxy groups -OCH3 is 1. The molecule has 1 saturated carbocycles. The molecule has 0 spiro atoms. The summed E-state index contributed by atoms with van der Waals surface area (Å²) in [4.78, 5) is 17.3. The molecule has 35 heavy (non-hydrogen) atoms. The van der Waals surface area contributed by atoms with E-state index < -0.39 is 6.61 Å². The lowest BCUT2D eigenvalue weighted by Gasteiger charge is -2.16. The van der Waals surface area contributed by atoms with Crippen molar-refractivity contribution in [3.8, 4) is 28.5 Å². The van der Waals surface area contributed by atoms with Gasteiger partial charge in [-0.05, 0) is 42.5 Å². The van der Waals surface area contributed by atoms with Gasteiger partial charge in [-0.2, -0.15) is 8.78 Å². The van der Waals surface area contributed by atoms with E-state index in [0.29, 0.717) is 35.2 Å². The Balaban J connectivity index is 1.47. The van der Waals surface area contributed by atoms with Gasteiger partial charge in [0.2, 0.25) is 0 Å². The fraction of sp³-hybridized carbons (Fsp3) is 0.259. The standard InChI is InChI=1S/C27H24F2N2O4/c1-33-23-12-19(13-24(35-27(28)29)26(23)22(32)11-17-7-8-17)21-15-30-25-14-20(9-10-31(21)25)34-16-18-5-3-2-4-6-18/h2-6,9-10,12-15,17,27H,7-8,11,16H2,1H3. The van der Waals surface area contributed by atoms with Crippen LogP contribution in [0.5, 0.6) is 17.2 Å². The Hall–Kier alpha value is -3.94. The molecule has 2 heterocycles. The van der Waals surface area contributed by atoms with Crippen molar-refractivity contribution in [2.75, 3.05) is 7.11 Å². The molecule has 0 radical (unpaired) electrons. The summed E-state index contributed by atoms with van der Waals surface area (Å²) in [6.45, 7) is -2.65. The number of imidazole rings is 1. The zero-order valence-corrected chi connectivity index (χ0v) is 19.1. The molecule has 2 aromatic carbocycles. The van der Waals surface area contributed by atoms with E-state index in [2.05, 4.69) is 4.98 Å². The number of nitrogens with zero attached hydrogens (tertiary/aromatic N) is 2. The first kappa shape index (κ1) is 22.8. The van der Waals surface area contributed by atoms with E-state index >= 15 is 0 Å².